The average molecular weight is 223 g/mol. The molecule has 0 saturated heterocycles. The van der Waals surface area contributed by atoms with Crippen LogP contribution >= 0.6 is 0 Å². The SMILES string of the molecule is COC1=CC=CC(C)(C(C)N(C)C)C1C=O. The van der Waals surface area contributed by atoms with E-state index in [-0.39, 0.29) is 17.4 Å². The maximum absolute atomic E-state index is 11.3. The lowest BCUT2D eigenvalue weighted by molar-refractivity contribution is -0.114. The minimum Gasteiger partial charge on any atom is -0.500 e. The molecule has 0 heterocycles. The maximum atomic E-state index is 11.3. The Labute approximate surface area is 97.8 Å². The number of ether oxygens (including phenoxy) is 1. The fraction of sp³-hybridized carbons (Fsp3) is 0.615. The van der Waals surface area contributed by atoms with Gasteiger partial charge in [0.25, 0.3) is 0 Å². The molecule has 0 radical (unpaired) electrons. The van der Waals surface area contributed by atoms with Crippen LogP contribution in [0, 0.1) is 11.3 Å². The van der Waals surface area contributed by atoms with E-state index in [1.165, 1.54) is 0 Å². The zero-order valence-corrected chi connectivity index (χ0v) is 10.7. The van der Waals surface area contributed by atoms with Crippen LogP contribution in [0.3, 0.4) is 0 Å². The van der Waals surface area contributed by atoms with Gasteiger partial charge < -0.3 is 14.4 Å². The van der Waals surface area contributed by atoms with Crippen molar-refractivity contribution in [2.45, 2.75) is 19.9 Å². The van der Waals surface area contributed by atoms with Crippen LogP contribution in [-0.2, 0) is 9.53 Å². The average Bonchev–Trinajstić information content (AvgIpc) is 2.27. The number of carbonyl (C=O) groups is 1. The van der Waals surface area contributed by atoms with Gasteiger partial charge in [-0.2, -0.15) is 0 Å². The zero-order valence-electron chi connectivity index (χ0n) is 10.7. The number of methoxy groups -OCH3 is 1. The van der Waals surface area contributed by atoms with E-state index in [9.17, 15) is 4.79 Å². The molecule has 0 aromatic carbocycles. The van der Waals surface area contributed by atoms with Crippen LogP contribution in [0.2, 0.25) is 0 Å². The van der Waals surface area contributed by atoms with Gasteiger partial charge in [0.15, 0.2) is 0 Å². The Balaban J connectivity index is 3.08. The lowest BCUT2D eigenvalue weighted by Crippen LogP contribution is -2.46. The topological polar surface area (TPSA) is 29.5 Å². The van der Waals surface area contributed by atoms with E-state index < -0.39 is 0 Å². The molecule has 1 aliphatic carbocycles. The van der Waals surface area contributed by atoms with Crippen molar-refractivity contribution in [1.29, 1.82) is 0 Å². The minimum absolute atomic E-state index is 0.208. The first-order valence-corrected chi connectivity index (χ1v) is 5.52. The summed E-state index contributed by atoms with van der Waals surface area (Å²) in [6.45, 7) is 4.22. The van der Waals surface area contributed by atoms with Gasteiger partial charge in [-0.25, -0.2) is 0 Å². The second-order valence-electron chi connectivity index (χ2n) is 4.75. The van der Waals surface area contributed by atoms with Gasteiger partial charge in [0.2, 0.25) is 0 Å². The molecule has 0 spiro atoms. The highest BCUT2D eigenvalue weighted by atomic mass is 16.5. The number of hydrogen-bond acceptors (Lipinski definition) is 3. The molecule has 0 aromatic rings. The molecule has 3 nitrogen and oxygen atoms in total. The Morgan fingerprint density at radius 3 is 2.62 bits per heavy atom. The quantitative estimate of drug-likeness (QED) is 0.681. The molecule has 3 atom stereocenters. The van der Waals surface area contributed by atoms with Crippen LogP contribution in [0.5, 0.6) is 0 Å². The van der Waals surface area contributed by atoms with Crippen molar-refractivity contribution in [3.05, 3.63) is 24.0 Å². The molecule has 0 saturated carbocycles. The summed E-state index contributed by atoms with van der Waals surface area (Å²) in [7, 11) is 5.66. The van der Waals surface area contributed by atoms with E-state index in [1.807, 2.05) is 26.2 Å². The molecule has 1 rings (SSSR count). The fourth-order valence-electron chi connectivity index (χ4n) is 2.23. The van der Waals surface area contributed by atoms with Crippen molar-refractivity contribution in [2.75, 3.05) is 21.2 Å². The number of rotatable bonds is 4. The third kappa shape index (κ3) is 2.05. The molecule has 3 unspecified atom stereocenters. The maximum Gasteiger partial charge on any atom is 0.131 e. The number of allylic oxidation sites excluding steroid dienone is 3. The van der Waals surface area contributed by atoms with E-state index in [0.29, 0.717) is 0 Å². The van der Waals surface area contributed by atoms with Crippen LogP contribution in [0.25, 0.3) is 0 Å². The van der Waals surface area contributed by atoms with Gasteiger partial charge >= 0.3 is 0 Å². The third-order valence-electron chi connectivity index (χ3n) is 3.74. The smallest absolute Gasteiger partial charge is 0.131 e. The monoisotopic (exact) mass is 223 g/mol. The third-order valence-corrected chi connectivity index (χ3v) is 3.74. The van der Waals surface area contributed by atoms with Crippen molar-refractivity contribution < 1.29 is 9.53 Å². The fourth-order valence-corrected chi connectivity index (χ4v) is 2.23. The van der Waals surface area contributed by atoms with Gasteiger partial charge in [0.05, 0.1) is 13.0 Å². The first-order valence-electron chi connectivity index (χ1n) is 5.52. The van der Waals surface area contributed by atoms with E-state index in [2.05, 4.69) is 24.8 Å². The molecule has 1 aliphatic rings. The zero-order chi connectivity index (χ0) is 12.3. The standard InChI is InChI=1S/C13H21NO2/c1-10(14(3)4)13(2)8-6-7-12(16-5)11(13)9-15/h6-11H,1-5H3. The second kappa shape index (κ2) is 4.83. The molecule has 0 bridgehead atoms. The van der Waals surface area contributed by atoms with Crippen LogP contribution in [-0.4, -0.2) is 38.4 Å². The molecule has 90 valence electrons. The molecular weight excluding hydrogens is 202 g/mol. The minimum atomic E-state index is -0.217. The summed E-state index contributed by atoms with van der Waals surface area (Å²) in [4.78, 5) is 13.4. The second-order valence-corrected chi connectivity index (χ2v) is 4.75. The molecule has 0 amide bonds. The van der Waals surface area contributed by atoms with Crippen LogP contribution in [0.4, 0.5) is 0 Å². The number of hydrogen-bond donors (Lipinski definition) is 0. The first-order chi connectivity index (χ1) is 7.47. The lowest BCUT2D eigenvalue weighted by atomic mass is 9.69. The van der Waals surface area contributed by atoms with E-state index in [0.717, 1.165) is 12.0 Å². The largest absolute Gasteiger partial charge is 0.500 e. The summed E-state index contributed by atoms with van der Waals surface area (Å²) in [5.41, 5.74) is -0.217. The summed E-state index contributed by atoms with van der Waals surface area (Å²) in [6, 6.07) is 0.262. The summed E-state index contributed by atoms with van der Waals surface area (Å²) >= 11 is 0. The predicted molar refractivity (Wildman–Crippen MR) is 65.0 cm³/mol. The van der Waals surface area contributed by atoms with E-state index in [4.69, 9.17) is 4.74 Å². The molecule has 0 aromatic heterocycles. The molecular formula is C13H21NO2. The summed E-state index contributed by atoms with van der Waals surface area (Å²) in [5, 5.41) is 0. The van der Waals surface area contributed by atoms with Gasteiger partial charge in [0.1, 0.15) is 12.0 Å². The Kier molecular flexibility index (Phi) is 3.92. The van der Waals surface area contributed by atoms with Crippen molar-refractivity contribution >= 4 is 6.29 Å². The predicted octanol–water partition coefficient (Wildman–Crippen LogP) is 1.86. The molecule has 0 fully saturated rings. The number of carbonyl (C=O) groups excluding carboxylic acids is 1. The number of aldehydes is 1. The first kappa shape index (κ1) is 13.0. The van der Waals surface area contributed by atoms with Crippen molar-refractivity contribution in [2.24, 2.45) is 11.3 Å². The van der Waals surface area contributed by atoms with Gasteiger partial charge in [-0.3, -0.25) is 0 Å². The highest BCUT2D eigenvalue weighted by Gasteiger charge is 2.42. The highest BCUT2D eigenvalue weighted by molar-refractivity contribution is 5.62. The normalized spacial score (nSPS) is 31.1. The van der Waals surface area contributed by atoms with Crippen LogP contribution in [0.15, 0.2) is 24.0 Å². The van der Waals surface area contributed by atoms with Crippen molar-refractivity contribution in [1.82, 2.24) is 4.90 Å². The van der Waals surface area contributed by atoms with Gasteiger partial charge in [0, 0.05) is 11.5 Å². The molecule has 0 N–H and O–H groups in total. The lowest BCUT2D eigenvalue weighted by Gasteiger charge is -2.42. The summed E-state index contributed by atoms with van der Waals surface area (Å²) in [6.07, 6.45) is 6.92. The van der Waals surface area contributed by atoms with E-state index in [1.54, 1.807) is 7.11 Å². The van der Waals surface area contributed by atoms with Crippen molar-refractivity contribution in [3.8, 4) is 0 Å². The van der Waals surface area contributed by atoms with Gasteiger partial charge in [-0.05, 0) is 27.1 Å². The van der Waals surface area contributed by atoms with Crippen molar-refractivity contribution in [3.63, 3.8) is 0 Å². The van der Waals surface area contributed by atoms with Gasteiger partial charge in [-0.1, -0.05) is 19.1 Å². The van der Waals surface area contributed by atoms with Crippen LogP contribution < -0.4 is 0 Å². The molecule has 0 aliphatic heterocycles. The number of nitrogens with zero attached hydrogens (tertiary/aromatic N) is 1. The van der Waals surface area contributed by atoms with E-state index >= 15 is 0 Å². The Hall–Kier alpha value is -1.09. The highest BCUT2D eigenvalue weighted by Crippen LogP contribution is 2.40. The van der Waals surface area contributed by atoms with Gasteiger partial charge in [-0.15, -0.1) is 0 Å². The molecule has 16 heavy (non-hydrogen) atoms. The Morgan fingerprint density at radius 1 is 1.56 bits per heavy atom. The van der Waals surface area contributed by atoms with Crippen LogP contribution in [0.1, 0.15) is 13.8 Å². The summed E-state index contributed by atoms with van der Waals surface area (Å²) in [5.74, 6) is 0.536. The summed E-state index contributed by atoms with van der Waals surface area (Å²) < 4.78 is 5.28. The Bertz CT molecular complexity index is 320. The Morgan fingerprint density at radius 2 is 2.19 bits per heavy atom. The molecule has 3 heteroatoms.